The van der Waals surface area contributed by atoms with Crippen LogP contribution in [0.4, 0.5) is 0 Å². The van der Waals surface area contributed by atoms with Crippen molar-refractivity contribution >= 4 is 23.2 Å². The molecule has 0 amide bonds. The first-order valence-corrected chi connectivity index (χ1v) is 5.91. The lowest BCUT2D eigenvalue weighted by Crippen LogP contribution is -1.99. The van der Waals surface area contributed by atoms with Crippen molar-refractivity contribution in [1.29, 1.82) is 0 Å². The van der Waals surface area contributed by atoms with E-state index in [2.05, 4.69) is 4.98 Å². The third kappa shape index (κ3) is 3.35. The molecule has 17 heavy (non-hydrogen) atoms. The van der Waals surface area contributed by atoms with Crippen molar-refractivity contribution in [2.24, 2.45) is 0 Å². The number of aryl methyl sites for hydroxylation is 1. The highest BCUT2D eigenvalue weighted by atomic mass is 35.5. The zero-order valence-electron chi connectivity index (χ0n) is 9.28. The molecule has 0 aliphatic heterocycles. The van der Waals surface area contributed by atoms with Crippen molar-refractivity contribution in [3.8, 4) is 5.75 Å². The third-order valence-corrected chi connectivity index (χ3v) is 2.80. The van der Waals surface area contributed by atoms with Crippen LogP contribution >= 0.6 is 23.2 Å². The van der Waals surface area contributed by atoms with Crippen molar-refractivity contribution in [3.05, 3.63) is 57.8 Å². The molecule has 1 heterocycles. The minimum atomic E-state index is 0.308. The van der Waals surface area contributed by atoms with Crippen LogP contribution in [0.2, 0.25) is 10.2 Å². The first-order valence-electron chi connectivity index (χ1n) is 5.15. The maximum Gasteiger partial charge on any atom is 0.132 e. The average Bonchev–Trinajstić information content (AvgIpc) is 2.30. The zero-order chi connectivity index (χ0) is 12.3. The highest BCUT2D eigenvalue weighted by Gasteiger charge is 2.04. The number of nitrogens with zero attached hydrogens (tertiary/aromatic N) is 1. The molecule has 0 radical (unpaired) electrons. The van der Waals surface area contributed by atoms with E-state index in [1.807, 2.05) is 31.2 Å². The molecule has 0 aliphatic carbocycles. The molecule has 2 rings (SSSR count). The molecule has 0 spiro atoms. The maximum atomic E-state index is 5.99. The first-order chi connectivity index (χ1) is 8.15. The molecule has 0 aliphatic rings. The summed E-state index contributed by atoms with van der Waals surface area (Å²) in [5.41, 5.74) is 1.79. The zero-order valence-corrected chi connectivity index (χ0v) is 10.8. The smallest absolute Gasteiger partial charge is 0.132 e. The highest BCUT2D eigenvalue weighted by Crippen LogP contribution is 2.19. The number of rotatable bonds is 3. The van der Waals surface area contributed by atoms with Crippen LogP contribution in [0, 0.1) is 6.92 Å². The van der Waals surface area contributed by atoms with E-state index in [0.29, 0.717) is 22.5 Å². The van der Waals surface area contributed by atoms with E-state index >= 15 is 0 Å². The summed E-state index contributed by atoms with van der Waals surface area (Å²) in [6, 6.07) is 11.2. The molecule has 0 fully saturated rings. The Morgan fingerprint density at radius 1 is 1.18 bits per heavy atom. The van der Waals surface area contributed by atoms with Gasteiger partial charge in [-0.1, -0.05) is 35.3 Å². The van der Waals surface area contributed by atoms with Crippen LogP contribution in [0.15, 0.2) is 36.4 Å². The number of aromatic nitrogens is 1. The Hall–Kier alpha value is -1.25. The summed E-state index contributed by atoms with van der Waals surface area (Å²) in [4.78, 5) is 4.12. The summed E-state index contributed by atoms with van der Waals surface area (Å²) in [6.45, 7) is 2.32. The second-order valence-corrected chi connectivity index (χ2v) is 4.46. The molecule has 2 nitrogen and oxygen atoms in total. The van der Waals surface area contributed by atoms with Crippen molar-refractivity contribution in [2.45, 2.75) is 13.5 Å². The standard InChI is InChI=1S/C13H11Cl2NO/c1-9-3-2-4-10(7-9)17-8-12-11(14)5-6-13(15)16-12/h2-7H,8H2,1H3. The molecule has 88 valence electrons. The fraction of sp³-hybridized carbons (Fsp3) is 0.154. The van der Waals surface area contributed by atoms with Crippen LogP contribution in [0.1, 0.15) is 11.3 Å². The maximum absolute atomic E-state index is 5.99. The number of hydrogen-bond acceptors (Lipinski definition) is 2. The Balaban J connectivity index is 2.09. The average molecular weight is 268 g/mol. The Bertz CT molecular complexity index is 529. The predicted molar refractivity (Wildman–Crippen MR) is 69.8 cm³/mol. The molecule has 0 saturated carbocycles. The van der Waals surface area contributed by atoms with Crippen LogP contribution in [-0.2, 0) is 6.61 Å². The summed E-state index contributed by atoms with van der Waals surface area (Å²) < 4.78 is 5.60. The predicted octanol–water partition coefficient (Wildman–Crippen LogP) is 4.28. The number of pyridine rings is 1. The number of benzene rings is 1. The number of hydrogen-bond donors (Lipinski definition) is 0. The van der Waals surface area contributed by atoms with Gasteiger partial charge in [0.25, 0.3) is 0 Å². The van der Waals surface area contributed by atoms with Gasteiger partial charge in [0, 0.05) is 0 Å². The van der Waals surface area contributed by atoms with E-state index in [1.54, 1.807) is 12.1 Å². The van der Waals surface area contributed by atoms with E-state index < -0.39 is 0 Å². The van der Waals surface area contributed by atoms with Gasteiger partial charge < -0.3 is 4.74 Å². The number of ether oxygens (including phenoxy) is 1. The molecular formula is C13H11Cl2NO. The van der Waals surface area contributed by atoms with Crippen molar-refractivity contribution < 1.29 is 4.74 Å². The van der Waals surface area contributed by atoms with Gasteiger partial charge in [-0.3, -0.25) is 0 Å². The van der Waals surface area contributed by atoms with E-state index in [9.17, 15) is 0 Å². The fourth-order valence-electron chi connectivity index (χ4n) is 1.42. The summed E-state index contributed by atoms with van der Waals surface area (Å²) in [5, 5.41) is 0.972. The van der Waals surface area contributed by atoms with Gasteiger partial charge in [-0.15, -0.1) is 0 Å². The molecule has 1 aromatic heterocycles. The van der Waals surface area contributed by atoms with E-state index in [4.69, 9.17) is 27.9 Å². The summed E-state index contributed by atoms with van der Waals surface area (Å²) >= 11 is 11.8. The monoisotopic (exact) mass is 267 g/mol. The lowest BCUT2D eigenvalue weighted by molar-refractivity contribution is 0.301. The normalized spacial score (nSPS) is 10.3. The van der Waals surface area contributed by atoms with Crippen LogP contribution in [0.3, 0.4) is 0 Å². The number of halogens is 2. The second-order valence-electron chi connectivity index (χ2n) is 3.67. The molecular weight excluding hydrogens is 257 g/mol. The molecule has 2 aromatic rings. The minimum Gasteiger partial charge on any atom is -0.487 e. The topological polar surface area (TPSA) is 22.1 Å². The molecule has 0 saturated heterocycles. The van der Waals surface area contributed by atoms with Crippen LogP contribution in [0.25, 0.3) is 0 Å². The quantitative estimate of drug-likeness (QED) is 0.775. The SMILES string of the molecule is Cc1cccc(OCc2nc(Cl)ccc2Cl)c1. The molecule has 0 bridgehead atoms. The summed E-state index contributed by atoms with van der Waals surface area (Å²) in [5.74, 6) is 0.794. The van der Waals surface area contributed by atoms with E-state index in [1.165, 1.54) is 0 Å². The van der Waals surface area contributed by atoms with E-state index in [-0.39, 0.29) is 0 Å². The molecule has 0 N–H and O–H groups in total. The summed E-state index contributed by atoms with van der Waals surface area (Å²) in [6.07, 6.45) is 0. The van der Waals surface area contributed by atoms with Gasteiger partial charge in [0.1, 0.15) is 17.5 Å². The fourth-order valence-corrected chi connectivity index (χ4v) is 1.74. The van der Waals surface area contributed by atoms with Gasteiger partial charge in [0.05, 0.1) is 10.7 Å². The van der Waals surface area contributed by atoms with Gasteiger partial charge >= 0.3 is 0 Å². The molecule has 1 aromatic carbocycles. The van der Waals surface area contributed by atoms with E-state index in [0.717, 1.165) is 11.3 Å². The lowest BCUT2D eigenvalue weighted by Gasteiger charge is -2.07. The second kappa shape index (κ2) is 5.39. The lowest BCUT2D eigenvalue weighted by atomic mass is 10.2. The van der Waals surface area contributed by atoms with Crippen LogP contribution in [0.5, 0.6) is 5.75 Å². The Kier molecular flexibility index (Phi) is 3.87. The molecule has 4 heteroatoms. The van der Waals surface area contributed by atoms with Gasteiger partial charge in [-0.05, 0) is 36.8 Å². The van der Waals surface area contributed by atoms with Crippen LogP contribution < -0.4 is 4.74 Å². The van der Waals surface area contributed by atoms with Crippen molar-refractivity contribution in [1.82, 2.24) is 4.98 Å². The molecule has 0 atom stereocenters. The molecule has 0 unspecified atom stereocenters. The largest absolute Gasteiger partial charge is 0.487 e. The van der Waals surface area contributed by atoms with Gasteiger partial charge in [-0.2, -0.15) is 0 Å². The van der Waals surface area contributed by atoms with Gasteiger partial charge in [0.2, 0.25) is 0 Å². The minimum absolute atomic E-state index is 0.308. The Morgan fingerprint density at radius 3 is 2.76 bits per heavy atom. The Morgan fingerprint density at radius 2 is 2.00 bits per heavy atom. The first kappa shape index (κ1) is 12.2. The van der Waals surface area contributed by atoms with Crippen molar-refractivity contribution in [2.75, 3.05) is 0 Å². The third-order valence-electron chi connectivity index (χ3n) is 2.25. The van der Waals surface area contributed by atoms with Gasteiger partial charge in [0.15, 0.2) is 0 Å². The van der Waals surface area contributed by atoms with Crippen molar-refractivity contribution in [3.63, 3.8) is 0 Å². The van der Waals surface area contributed by atoms with Gasteiger partial charge in [-0.25, -0.2) is 4.98 Å². The highest BCUT2D eigenvalue weighted by molar-refractivity contribution is 6.32. The van der Waals surface area contributed by atoms with Crippen LogP contribution in [-0.4, -0.2) is 4.98 Å². The summed E-state index contributed by atoms with van der Waals surface area (Å²) in [7, 11) is 0. The Labute approximate surface area is 110 Å².